The minimum atomic E-state index is -3.90. The normalized spacial score (nSPS) is 19.4. The maximum atomic E-state index is 14.1. The Kier molecular flexibility index (Phi) is 6.05. The summed E-state index contributed by atoms with van der Waals surface area (Å²) in [5.74, 6) is -0.398. The van der Waals surface area contributed by atoms with Gasteiger partial charge in [-0.15, -0.1) is 5.10 Å². The Hall–Kier alpha value is -3.18. The van der Waals surface area contributed by atoms with Crippen LogP contribution in [-0.4, -0.2) is 57.4 Å². The quantitative estimate of drug-likeness (QED) is 0.590. The topological polar surface area (TPSA) is 110 Å². The highest BCUT2D eigenvalue weighted by Gasteiger charge is 2.41. The standard InChI is InChI=1S/C20H21FN6O3S/c21-16-9-17(27(12-16)31(29,30)18-7-4-8-22-11-18)13-26-14-19(24-25-26)20(28)23-10-15-5-2-1-3-6-15/h1-8,11,14,16-17H,9-10,12-13H2,(H,23,28). The van der Waals surface area contributed by atoms with E-state index in [9.17, 15) is 17.6 Å². The molecule has 0 radical (unpaired) electrons. The first-order valence-corrected chi connectivity index (χ1v) is 11.2. The second-order valence-corrected chi connectivity index (χ2v) is 9.13. The minimum Gasteiger partial charge on any atom is -0.347 e. The molecule has 1 aromatic carbocycles. The van der Waals surface area contributed by atoms with Crippen molar-refractivity contribution >= 4 is 15.9 Å². The van der Waals surface area contributed by atoms with Crippen molar-refractivity contribution in [3.05, 3.63) is 72.3 Å². The van der Waals surface area contributed by atoms with Crippen LogP contribution < -0.4 is 5.32 Å². The van der Waals surface area contributed by atoms with E-state index < -0.39 is 28.1 Å². The number of carbonyl (C=O) groups is 1. The molecule has 31 heavy (non-hydrogen) atoms. The van der Waals surface area contributed by atoms with Crippen LogP contribution in [-0.2, 0) is 23.1 Å². The van der Waals surface area contributed by atoms with E-state index in [0.29, 0.717) is 6.54 Å². The summed E-state index contributed by atoms with van der Waals surface area (Å²) in [5.41, 5.74) is 1.05. The van der Waals surface area contributed by atoms with Gasteiger partial charge in [-0.3, -0.25) is 14.5 Å². The molecule has 2 aromatic heterocycles. The monoisotopic (exact) mass is 444 g/mol. The van der Waals surface area contributed by atoms with Gasteiger partial charge in [-0.2, -0.15) is 4.31 Å². The zero-order valence-corrected chi connectivity index (χ0v) is 17.3. The zero-order valence-electron chi connectivity index (χ0n) is 16.5. The van der Waals surface area contributed by atoms with Crippen LogP contribution in [0.4, 0.5) is 4.39 Å². The van der Waals surface area contributed by atoms with Gasteiger partial charge in [0, 0.05) is 31.5 Å². The summed E-state index contributed by atoms with van der Waals surface area (Å²) in [6, 6.07) is 11.7. The van der Waals surface area contributed by atoms with Crippen LogP contribution in [0.2, 0.25) is 0 Å². The third-order valence-corrected chi connectivity index (χ3v) is 6.92. The maximum Gasteiger partial charge on any atom is 0.273 e. The fourth-order valence-electron chi connectivity index (χ4n) is 3.50. The molecular formula is C20H21FN6O3S. The average Bonchev–Trinajstić information content (AvgIpc) is 3.40. The molecule has 0 spiro atoms. The molecule has 1 aliphatic heterocycles. The highest BCUT2D eigenvalue weighted by molar-refractivity contribution is 7.89. The Bertz CT molecular complexity index is 1140. The van der Waals surface area contributed by atoms with Gasteiger partial charge in [0.1, 0.15) is 11.1 Å². The Morgan fingerprint density at radius 3 is 2.74 bits per heavy atom. The van der Waals surface area contributed by atoms with Gasteiger partial charge >= 0.3 is 0 Å². The number of halogens is 1. The van der Waals surface area contributed by atoms with Crippen LogP contribution in [0.1, 0.15) is 22.5 Å². The number of amides is 1. The van der Waals surface area contributed by atoms with Crippen LogP contribution in [0.25, 0.3) is 0 Å². The lowest BCUT2D eigenvalue weighted by atomic mass is 10.2. The summed E-state index contributed by atoms with van der Waals surface area (Å²) in [7, 11) is -3.90. The molecule has 4 rings (SSSR count). The summed E-state index contributed by atoms with van der Waals surface area (Å²) >= 11 is 0. The lowest BCUT2D eigenvalue weighted by Gasteiger charge is -2.23. The number of carbonyl (C=O) groups excluding carboxylic acids is 1. The fraction of sp³-hybridized carbons (Fsp3) is 0.300. The number of nitrogens with one attached hydrogen (secondary N) is 1. The highest BCUT2D eigenvalue weighted by atomic mass is 32.2. The Morgan fingerprint density at radius 1 is 1.19 bits per heavy atom. The first-order chi connectivity index (χ1) is 14.9. The molecule has 3 aromatic rings. The highest BCUT2D eigenvalue weighted by Crippen LogP contribution is 2.28. The molecule has 9 nitrogen and oxygen atoms in total. The van der Waals surface area contributed by atoms with E-state index in [0.717, 1.165) is 9.87 Å². The number of pyridine rings is 1. The Balaban J connectivity index is 1.44. The first kappa shape index (κ1) is 21.1. The zero-order chi connectivity index (χ0) is 21.8. The molecule has 3 heterocycles. The minimum absolute atomic E-state index is 0.00803. The van der Waals surface area contributed by atoms with Gasteiger partial charge in [0.15, 0.2) is 5.69 Å². The van der Waals surface area contributed by atoms with Gasteiger partial charge < -0.3 is 5.32 Å². The second kappa shape index (κ2) is 8.90. The van der Waals surface area contributed by atoms with E-state index in [-0.39, 0.29) is 30.1 Å². The lowest BCUT2D eigenvalue weighted by molar-refractivity contribution is 0.0945. The molecule has 11 heteroatoms. The largest absolute Gasteiger partial charge is 0.347 e. The van der Waals surface area contributed by atoms with Crippen molar-refractivity contribution in [3.8, 4) is 0 Å². The summed E-state index contributed by atoms with van der Waals surface area (Å²) in [5, 5.41) is 10.5. The molecule has 1 fully saturated rings. The third-order valence-electron chi connectivity index (χ3n) is 5.02. The number of alkyl halides is 1. The molecule has 0 saturated carbocycles. The third kappa shape index (κ3) is 4.78. The summed E-state index contributed by atoms with van der Waals surface area (Å²) in [6.45, 7) is 0.190. The van der Waals surface area contributed by atoms with E-state index in [1.807, 2.05) is 30.3 Å². The van der Waals surface area contributed by atoms with Crippen LogP contribution in [0.3, 0.4) is 0 Å². The van der Waals surface area contributed by atoms with E-state index in [4.69, 9.17) is 0 Å². The fourth-order valence-corrected chi connectivity index (χ4v) is 5.12. The summed E-state index contributed by atoms with van der Waals surface area (Å²) in [4.78, 5) is 16.2. The number of rotatable bonds is 7. The van der Waals surface area contributed by atoms with Crippen molar-refractivity contribution < 1.29 is 17.6 Å². The maximum absolute atomic E-state index is 14.1. The molecule has 2 atom stereocenters. The number of hydrogen-bond acceptors (Lipinski definition) is 6. The van der Waals surface area contributed by atoms with E-state index in [1.165, 1.54) is 35.4 Å². The molecule has 0 aliphatic carbocycles. The van der Waals surface area contributed by atoms with Gasteiger partial charge in [-0.05, 0) is 24.1 Å². The molecule has 1 amide bonds. The molecule has 1 N–H and O–H groups in total. The van der Waals surface area contributed by atoms with Crippen molar-refractivity contribution in [2.75, 3.05) is 6.54 Å². The molecular weight excluding hydrogens is 423 g/mol. The van der Waals surface area contributed by atoms with Gasteiger partial charge in [-0.1, -0.05) is 35.5 Å². The van der Waals surface area contributed by atoms with E-state index in [1.54, 1.807) is 0 Å². The molecule has 1 aliphatic rings. The van der Waals surface area contributed by atoms with Crippen molar-refractivity contribution in [1.29, 1.82) is 0 Å². The first-order valence-electron chi connectivity index (χ1n) is 9.71. The number of hydrogen-bond donors (Lipinski definition) is 1. The van der Waals surface area contributed by atoms with Crippen molar-refractivity contribution in [2.45, 2.75) is 36.6 Å². The van der Waals surface area contributed by atoms with E-state index >= 15 is 0 Å². The Labute approximate surface area is 179 Å². The van der Waals surface area contributed by atoms with Crippen LogP contribution in [0, 0.1) is 0 Å². The average molecular weight is 444 g/mol. The number of nitrogens with zero attached hydrogens (tertiary/aromatic N) is 5. The SMILES string of the molecule is O=C(NCc1ccccc1)c1cn(CC2CC(F)CN2S(=O)(=O)c2cccnc2)nn1. The Morgan fingerprint density at radius 2 is 2.00 bits per heavy atom. The van der Waals surface area contributed by atoms with Crippen LogP contribution in [0.15, 0.2) is 66.0 Å². The molecule has 2 unspecified atom stereocenters. The number of benzene rings is 1. The number of sulfonamides is 1. The van der Waals surface area contributed by atoms with Gasteiger partial charge in [-0.25, -0.2) is 12.8 Å². The van der Waals surface area contributed by atoms with Gasteiger partial charge in [0.05, 0.1) is 12.7 Å². The van der Waals surface area contributed by atoms with Crippen molar-refractivity contribution in [2.24, 2.45) is 0 Å². The molecule has 1 saturated heterocycles. The number of aromatic nitrogens is 4. The predicted octanol–water partition coefficient (Wildman–Crippen LogP) is 1.40. The van der Waals surface area contributed by atoms with Crippen LogP contribution in [0.5, 0.6) is 0 Å². The molecule has 0 bridgehead atoms. The smallest absolute Gasteiger partial charge is 0.273 e. The van der Waals surface area contributed by atoms with Gasteiger partial charge in [0.25, 0.3) is 5.91 Å². The molecule has 162 valence electrons. The summed E-state index contributed by atoms with van der Waals surface area (Å²) in [6.07, 6.45) is 2.89. The van der Waals surface area contributed by atoms with E-state index in [2.05, 4.69) is 20.6 Å². The van der Waals surface area contributed by atoms with Crippen molar-refractivity contribution in [1.82, 2.24) is 29.6 Å². The van der Waals surface area contributed by atoms with Crippen LogP contribution >= 0.6 is 0 Å². The van der Waals surface area contributed by atoms with Gasteiger partial charge in [0.2, 0.25) is 10.0 Å². The van der Waals surface area contributed by atoms with Crippen molar-refractivity contribution in [3.63, 3.8) is 0 Å². The second-order valence-electron chi connectivity index (χ2n) is 7.24. The lowest BCUT2D eigenvalue weighted by Crippen LogP contribution is -2.38. The predicted molar refractivity (Wildman–Crippen MR) is 109 cm³/mol. The summed E-state index contributed by atoms with van der Waals surface area (Å²) < 4.78 is 42.5.